The fourth-order valence-electron chi connectivity index (χ4n) is 2.36. The number of nitrogens with one attached hydrogen (secondary N) is 1. The molecule has 0 radical (unpaired) electrons. The van der Waals surface area contributed by atoms with Crippen LogP contribution in [0.1, 0.15) is 43.8 Å². The highest BCUT2D eigenvalue weighted by atomic mass is 32.1. The van der Waals surface area contributed by atoms with Crippen LogP contribution >= 0.6 is 11.3 Å². The van der Waals surface area contributed by atoms with Crippen LogP contribution in [0.15, 0.2) is 41.9 Å². The van der Waals surface area contributed by atoms with Crippen molar-refractivity contribution in [3.63, 3.8) is 0 Å². The van der Waals surface area contributed by atoms with Gasteiger partial charge in [0.2, 0.25) is 0 Å². The number of hydrogen-bond acceptors (Lipinski definition) is 4. The SMILES string of the molecule is CC(C)C[C@@H](NC[C@@](C)(O)c1cccs1)c1ccccn1. The number of aromatic nitrogens is 1. The molecule has 0 unspecified atom stereocenters. The van der Waals surface area contributed by atoms with Crippen LogP contribution in [0.4, 0.5) is 0 Å². The average molecular weight is 304 g/mol. The van der Waals surface area contributed by atoms with Crippen LogP contribution in [-0.4, -0.2) is 16.6 Å². The highest BCUT2D eigenvalue weighted by Gasteiger charge is 2.26. The lowest BCUT2D eigenvalue weighted by molar-refractivity contribution is 0.0564. The normalized spacial score (nSPS) is 15.9. The molecule has 2 aromatic heterocycles. The number of hydrogen-bond donors (Lipinski definition) is 2. The summed E-state index contributed by atoms with van der Waals surface area (Å²) in [6.07, 6.45) is 2.82. The van der Waals surface area contributed by atoms with E-state index in [-0.39, 0.29) is 6.04 Å². The average Bonchev–Trinajstić information content (AvgIpc) is 2.99. The molecule has 0 aromatic carbocycles. The van der Waals surface area contributed by atoms with Gasteiger partial charge in [0, 0.05) is 23.7 Å². The molecule has 0 saturated heterocycles. The zero-order valence-corrected chi connectivity index (χ0v) is 13.7. The number of nitrogens with zero attached hydrogens (tertiary/aromatic N) is 1. The molecule has 2 rings (SSSR count). The summed E-state index contributed by atoms with van der Waals surface area (Å²) in [6, 6.07) is 10.1. The van der Waals surface area contributed by atoms with Crippen molar-refractivity contribution in [3.8, 4) is 0 Å². The molecular weight excluding hydrogens is 280 g/mol. The first kappa shape index (κ1) is 16.1. The maximum absolute atomic E-state index is 10.6. The van der Waals surface area contributed by atoms with Gasteiger partial charge in [-0.3, -0.25) is 4.98 Å². The van der Waals surface area contributed by atoms with Crippen LogP contribution in [0, 0.1) is 5.92 Å². The second kappa shape index (κ2) is 7.16. The van der Waals surface area contributed by atoms with Gasteiger partial charge in [-0.2, -0.15) is 0 Å². The number of aliphatic hydroxyl groups is 1. The van der Waals surface area contributed by atoms with Gasteiger partial charge in [0.1, 0.15) is 5.60 Å². The third-order valence-corrected chi connectivity index (χ3v) is 4.62. The van der Waals surface area contributed by atoms with Gasteiger partial charge in [0.25, 0.3) is 0 Å². The van der Waals surface area contributed by atoms with Crippen LogP contribution in [0.25, 0.3) is 0 Å². The molecule has 0 aliphatic rings. The molecule has 114 valence electrons. The molecule has 0 saturated carbocycles. The zero-order chi connectivity index (χ0) is 15.3. The topological polar surface area (TPSA) is 45.1 Å². The van der Waals surface area contributed by atoms with Gasteiger partial charge in [0.05, 0.1) is 5.69 Å². The summed E-state index contributed by atoms with van der Waals surface area (Å²) in [7, 11) is 0. The second-order valence-corrected chi connectivity index (χ2v) is 7.02. The highest BCUT2D eigenvalue weighted by Crippen LogP contribution is 2.26. The van der Waals surface area contributed by atoms with Gasteiger partial charge in [-0.15, -0.1) is 11.3 Å². The van der Waals surface area contributed by atoms with E-state index >= 15 is 0 Å². The van der Waals surface area contributed by atoms with Crippen molar-refractivity contribution in [2.75, 3.05) is 6.54 Å². The van der Waals surface area contributed by atoms with Crippen molar-refractivity contribution < 1.29 is 5.11 Å². The summed E-state index contributed by atoms with van der Waals surface area (Å²) >= 11 is 1.59. The van der Waals surface area contributed by atoms with Gasteiger partial charge in [-0.25, -0.2) is 0 Å². The van der Waals surface area contributed by atoms with Gasteiger partial charge in [0.15, 0.2) is 0 Å². The quantitative estimate of drug-likeness (QED) is 0.819. The Balaban J connectivity index is 2.06. The Kier molecular flexibility index (Phi) is 5.51. The van der Waals surface area contributed by atoms with E-state index in [4.69, 9.17) is 0 Å². The third-order valence-electron chi connectivity index (χ3n) is 3.50. The Morgan fingerprint density at radius 1 is 1.29 bits per heavy atom. The summed E-state index contributed by atoms with van der Waals surface area (Å²) in [6.45, 7) is 6.78. The van der Waals surface area contributed by atoms with Crippen molar-refractivity contribution in [3.05, 3.63) is 52.5 Å². The maximum atomic E-state index is 10.6. The molecule has 0 aliphatic carbocycles. The van der Waals surface area contributed by atoms with E-state index in [1.54, 1.807) is 11.3 Å². The molecule has 0 fully saturated rings. The Bertz CT molecular complexity index is 523. The standard InChI is InChI=1S/C17H24N2OS/c1-13(2)11-15(14-7-4-5-9-18-14)19-12-17(3,20)16-8-6-10-21-16/h4-10,13,15,19-20H,11-12H2,1-3H3/t15-,17-/m1/s1. The summed E-state index contributed by atoms with van der Waals surface area (Å²) in [5.74, 6) is 0.566. The molecule has 2 N–H and O–H groups in total. The van der Waals surface area contributed by atoms with E-state index in [2.05, 4.69) is 24.1 Å². The van der Waals surface area contributed by atoms with Crippen molar-refractivity contribution in [2.45, 2.75) is 38.8 Å². The van der Waals surface area contributed by atoms with Gasteiger partial charge >= 0.3 is 0 Å². The Labute approximate surface area is 131 Å². The van der Waals surface area contributed by atoms with Crippen molar-refractivity contribution >= 4 is 11.3 Å². The predicted octanol–water partition coefficient (Wildman–Crippen LogP) is 3.73. The fraction of sp³-hybridized carbons (Fsp3) is 0.471. The van der Waals surface area contributed by atoms with E-state index in [0.717, 1.165) is 17.0 Å². The number of pyridine rings is 1. The monoisotopic (exact) mass is 304 g/mol. The largest absolute Gasteiger partial charge is 0.383 e. The Morgan fingerprint density at radius 3 is 2.67 bits per heavy atom. The van der Waals surface area contributed by atoms with Gasteiger partial charge in [-0.05, 0) is 42.8 Å². The predicted molar refractivity (Wildman–Crippen MR) is 88.3 cm³/mol. The van der Waals surface area contributed by atoms with E-state index in [1.807, 2.05) is 48.8 Å². The van der Waals surface area contributed by atoms with Crippen LogP contribution in [-0.2, 0) is 5.60 Å². The Morgan fingerprint density at radius 2 is 2.10 bits per heavy atom. The first-order valence-electron chi connectivity index (χ1n) is 7.39. The zero-order valence-electron chi connectivity index (χ0n) is 12.9. The van der Waals surface area contributed by atoms with Crippen LogP contribution in [0.5, 0.6) is 0 Å². The summed E-state index contributed by atoms with van der Waals surface area (Å²) in [5, 5.41) is 16.1. The van der Waals surface area contributed by atoms with E-state index in [0.29, 0.717) is 12.5 Å². The van der Waals surface area contributed by atoms with E-state index in [9.17, 15) is 5.11 Å². The first-order valence-corrected chi connectivity index (χ1v) is 8.27. The summed E-state index contributed by atoms with van der Waals surface area (Å²) in [5.41, 5.74) is 0.186. The fourth-order valence-corrected chi connectivity index (χ4v) is 3.14. The van der Waals surface area contributed by atoms with Crippen molar-refractivity contribution in [1.82, 2.24) is 10.3 Å². The van der Waals surface area contributed by atoms with Crippen molar-refractivity contribution in [1.29, 1.82) is 0 Å². The Hall–Kier alpha value is -1.23. The minimum Gasteiger partial charge on any atom is -0.383 e. The molecule has 3 nitrogen and oxygen atoms in total. The second-order valence-electron chi connectivity index (χ2n) is 6.07. The molecule has 2 heterocycles. The molecule has 21 heavy (non-hydrogen) atoms. The lowest BCUT2D eigenvalue weighted by atomic mass is 9.98. The molecule has 0 aliphatic heterocycles. The summed E-state index contributed by atoms with van der Waals surface area (Å²) in [4.78, 5) is 5.44. The van der Waals surface area contributed by atoms with Crippen LogP contribution in [0.2, 0.25) is 0 Å². The van der Waals surface area contributed by atoms with Crippen LogP contribution < -0.4 is 5.32 Å². The maximum Gasteiger partial charge on any atom is 0.108 e. The van der Waals surface area contributed by atoms with E-state index < -0.39 is 5.60 Å². The minimum absolute atomic E-state index is 0.164. The molecular formula is C17H24N2OS. The first-order chi connectivity index (χ1) is 9.99. The van der Waals surface area contributed by atoms with Gasteiger partial charge in [-0.1, -0.05) is 26.0 Å². The molecule has 0 amide bonds. The molecule has 2 aromatic rings. The highest BCUT2D eigenvalue weighted by molar-refractivity contribution is 7.10. The number of rotatable bonds is 7. The van der Waals surface area contributed by atoms with E-state index in [1.165, 1.54) is 0 Å². The molecule has 0 spiro atoms. The molecule has 2 atom stereocenters. The molecule has 4 heteroatoms. The third kappa shape index (κ3) is 4.63. The number of thiophene rings is 1. The van der Waals surface area contributed by atoms with Crippen LogP contribution in [0.3, 0.4) is 0 Å². The smallest absolute Gasteiger partial charge is 0.108 e. The van der Waals surface area contributed by atoms with Crippen molar-refractivity contribution in [2.24, 2.45) is 5.92 Å². The minimum atomic E-state index is -0.849. The molecule has 0 bridgehead atoms. The lowest BCUT2D eigenvalue weighted by Gasteiger charge is -2.27. The summed E-state index contributed by atoms with van der Waals surface area (Å²) < 4.78 is 0. The lowest BCUT2D eigenvalue weighted by Crippen LogP contribution is -2.37. The van der Waals surface area contributed by atoms with Gasteiger partial charge < -0.3 is 10.4 Å².